The van der Waals surface area contributed by atoms with Gasteiger partial charge >= 0.3 is 0 Å². The lowest BCUT2D eigenvalue weighted by atomic mass is 9.97. The topological polar surface area (TPSA) is 88.4 Å². The molecule has 28 heavy (non-hydrogen) atoms. The van der Waals surface area contributed by atoms with Crippen LogP contribution in [-0.2, 0) is 10.0 Å². The fourth-order valence-corrected chi connectivity index (χ4v) is 4.24. The first kappa shape index (κ1) is 21.7. The third kappa shape index (κ3) is 5.24. The van der Waals surface area contributed by atoms with Crippen LogP contribution < -0.4 is 14.2 Å². The molecule has 1 atom stereocenters. The van der Waals surface area contributed by atoms with E-state index in [1.54, 1.807) is 18.2 Å². The molecular weight excluding hydrogens is 376 g/mol. The van der Waals surface area contributed by atoms with E-state index >= 15 is 0 Å². The van der Waals surface area contributed by atoms with Gasteiger partial charge in [-0.15, -0.1) is 0 Å². The Morgan fingerprint density at radius 2 is 1.71 bits per heavy atom. The number of rotatable bonds is 9. The van der Waals surface area contributed by atoms with Crippen LogP contribution in [0.15, 0.2) is 47.4 Å². The van der Waals surface area contributed by atoms with Crippen LogP contribution in [0.5, 0.6) is 11.5 Å². The molecule has 0 aromatic heterocycles. The summed E-state index contributed by atoms with van der Waals surface area (Å²) in [4.78, 5) is 0.0631. The molecule has 7 heteroatoms. The Labute approximate surface area is 167 Å². The van der Waals surface area contributed by atoms with E-state index < -0.39 is 16.1 Å². The molecule has 2 aromatic rings. The summed E-state index contributed by atoms with van der Waals surface area (Å²) in [7, 11) is -3.80. The average Bonchev–Trinajstić information content (AvgIpc) is 2.68. The largest absolute Gasteiger partial charge is 0.490 e. The summed E-state index contributed by atoms with van der Waals surface area (Å²) in [6.07, 6.45) is 0. The Bertz CT molecular complexity index is 949. The molecule has 150 valence electrons. The third-order valence-corrected chi connectivity index (χ3v) is 5.59. The van der Waals surface area contributed by atoms with Crippen LogP contribution >= 0.6 is 0 Å². The van der Waals surface area contributed by atoms with Gasteiger partial charge in [0, 0.05) is 6.04 Å². The van der Waals surface area contributed by atoms with Crippen LogP contribution in [0.3, 0.4) is 0 Å². The zero-order valence-electron chi connectivity index (χ0n) is 16.6. The predicted octanol–water partition coefficient (Wildman–Crippen LogP) is 4.03. The minimum absolute atomic E-state index is 0.0126. The molecule has 0 aliphatic rings. The minimum atomic E-state index is -3.80. The van der Waals surface area contributed by atoms with Crippen LogP contribution in [0, 0.1) is 17.2 Å². The molecule has 2 rings (SSSR count). The van der Waals surface area contributed by atoms with Crippen LogP contribution in [0.25, 0.3) is 0 Å². The van der Waals surface area contributed by atoms with Gasteiger partial charge in [-0.05, 0) is 55.7 Å². The average molecular weight is 403 g/mol. The molecule has 0 saturated heterocycles. The van der Waals surface area contributed by atoms with Crippen molar-refractivity contribution in [1.82, 2.24) is 4.72 Å². The van der Waals surface area contributed by atoms with Crippen LogP contribution in [0.2, 0.25) is 0 Å². The highest BCUT2D eigenvalue weighted by atomic mass is 32.2. The number of ether oxygens (including phenoxy) is 2. The highest BCUT2D eigenvalue weighted by Gasteiger charge is 2.25. The first-order valence-corrected chi connectivity index (χ1v) is 10.7. The number of hydrogen-bond donors (Lipinski definition) is 1. The van der Waals surface area contributed by atoms with E-state index in [4.69, 9.17) is 14.7 Å². The molecule has 0 aliphatic carbocycles. The van der Waals surface area contributed by atoms with Crippen LogP contribution in [0.1, 0.15) is 44.9 Å². The molecule has 2 aromatic carbocycles. The van der Waals surface area contributed by atoms with E-state index in [-0.39, 0.29) is 10.8 Å². The van der Waals surface area contributed by atoms with Gasteiger partial charge in [-0.2, -0.15) is 5.26 Å². The first-order valence-electron chi connectivity index (χ1n) is 9.24. The second kappa shape index (κ2) is 9.58. The molecule has 1 N–H and O–H groups in total. The number of nitriles is 1. The summed E-state index contributed by atoms with van der Waals surface area (Å²) in [5.74, 6) is 1.19. The van der Waals surface area contributed by atoms with E-state index in [0.29, 0.717) is 30.3 Å². The summed E-state index contributed by atoms with van der Waals surface area (Å²) in [5, 5.41) is 9.04. The van der Waals surface area contributed by atoms with E-state index in [1.165, 1.54) is 12.1 Å². The van der Waals surface area contributed by atoms with Gasteiger partial charge in [0.25, 0.3) is 0 Å². The van der Waals surface area contributed by atoms with Crippen molar-refractivity contribution in [3.05, 3.63) is 53.6 Å². The van der Waals surface area contributed by atoms with E-state index in [9.17, 15) is 8.42 Å². The summed E-state index contributed by atoms with van der Waals surface area (Å²) < 4.78 is 39.8. The van der Waals surface area contributed by atoms with Crippen molar-refractivity contribution in [2.24, 2.45) is 5.92 Å². The maximum absolute atomic E-state index is 12.9. The van der Waals surface area contributed by atoms with Gasteiger partial charge in [-0.1, -0.05) is 26.0 Å². The monoisotopic (exact) mass is 402 g/mol. The summed E-state index contributed by atoms with van der Waals surface area (Å²) in [5.41, 5.74) is 1.07. The van der Waals surface area contributed by atoms with E-state index in [0.717, 1.165) is 5.56 Å². The lowest BCUT2D eigenvalue weighted by Crippen LogP contribution is -2.32. The SMILES string of the molecule is CCOc1ccc(C(NS(=O)(=O)c2cccc(C#N)c2)C(C)C)cc1OCC. The molecule has 0 saturated carbocycles. The maximum atomic E-state index is 12.9. The van der Waals surface area contributed by atoms with Gasteiger partial charge in [-0.3, -0.25) is 0 Å². The molecule has 0 bridgehead atoms. The Morgan fingerprint density at radius 1 is 1.04 bits per heavy atom. The smallest absolute Gasteiger partial charge is 0.241 e. The van der Waals surface area contributed by atoms with Crippen molar-refractivity contribution in [3.8, 4) is 17.6 Å². The predicted molar refractivity (Wildman–Crippen MR) is 108 cm³/mol. The normalized spacial score (nSPS) is 12.4. The Balaban J connectivity index is 2.40. The van der Waals surface area contributed by atoms with Crippen molar-refractivity contribution in [2.75, 3.05) is 13.2 Å². The van der Waals surface area contributed by atoms with Crippen molar-refractivity contribution in [3.63, 3.8) is 0 Å². The Hall–Kier alpha value is -2.56. The molecule has 6 nitrogen and oxygen atoms in total. The third-order valence-electron chi connectivity index (χ3n) is 4.15. The van der Waals surface area contributed by atoms with E-state index in [1.807, 2.05) is 45.9 Å². The first-order chi connectivity index (χ1) is 13.3. The quantitative estimate of drug-likeness (QED) is 0.684. The second-order valence-electron chi connectivity index (χ2n) is 6.55. The number of benzene rings is 2. The van der Waals surface area contributed by atoms with Crippen LogP contribution in [-0.4, -0.2) is 21.6 Å². The van der Waals surface area contributed by atoms with Gasteiger partial charge in [0.05, 0.1) is 29.7 Å². The van der Waals surface area contributed by atoms with Crippen molar-refractivity contribution >= 4 is 10.0 Å². The standard InChI is InChI=1S/C21H26N2O4S/c1-5-26-19-11-10-17(13-20(19)27-6-2)21(15(3)4)23-28(24,25)18-9-7-8-16(12-18)14-22/h7-13,15,21,23H,5-6H2,1-4H3. The lowest BCUT2D eigenvalue weighted by molar-refractivity contribution is 0.287. The Kier molecular flexibility index (Phi) is 7.44. The molecule has 0 heterocycles. The van der Waals surface area contributed by atoms with Crippen molar-refractivity contribution in [1.29, 1.82) is 5.26 Å². The lowest BCUT2D eigenvalue weighted by Gasteiger charge is -2.24. The zero-order chi connectivity index (χ0) is 20.7. The van der Waals surface area contributed by atoms with Crippen molar-refractivity contribution < 1.29 is 17.9 Å². The highest BCUT2D eigenvalue weighted by Crippen LogP contribution is 2.33. The molecular formula is C21H26N2O4S. The second-order valence-corrected chi connectivity index (χ2v) is 8.27. The number of nitrogens with one attached hydrogen (secondary N) is 1. The minimum Gasteiger partial charge on any atom is -0.490 e. The van der Waals surface area contributed by atoms with Gasteiger partial charge in [0.15, 0.2) is 11.5 Å². The van der Waals surface area contributed by atoms with Gasteiger partial charge in [-0.25, -0.2) is 13.1 Å². The van der Waals surface area contributed by atoms with Crippen molar-refractivity contribution in [2.45, 2.75) is 38.6 Å². The molecule has 0 amide bonds. The molecule has 1 unspecified atom stereocenters. The molecule has 0 spiro atoms. The van der Waals surface area contributed by atoms with E-state index in [2.05, 4.69) is 4.72 Å². The number of nitrogens with zero attached hydrogens (tertiary/aromatic N) is 1. The zero-order valence-corrected chi connectivity index (χ0v) is 17.4. The van der Waals surface area contributed by atoms with Crippen LogP contribution in [0.4, 0.5) is 0 Å². The molecule has 0 radical (unpaired) electrons. The highest BCUT2D eigenvalue weighted by molar-refractivity contribution is 7.89. The van der Waals surface area contributed by atoms with Gasteiger partial charge in [0.1, 0.15) is 0 Å². The fraction of sp³-hybridized carbons (Fsp3) is 0.381. The van der Waals surface area contributed by atoms with Gasteiger partial charge < -0.3 is 9.47 Å². The number of hydrogen-bond acceptors (Lipinski definition) is 5. The summed E-state index contributed by atoms with van der Waals surface area (Å²) in [6, 6.07) is 12.9. The Morgan fingerprint density at radius 3 is 2.32 bits per heavy atom. The molecule has 0 fully saturated rings. The van der Waals surface area contributed by atoms with Gasteiger partial charge in [0.2, 0.25) is 10.0 Å². The summed E-state index contributed by atoms with van der Waals surface area (Å²) in [6.45, 7) is 8.64. The summed E-state index contributed by atoms with van der Waals surface area (Å²) >= 11 is 0. The molecule has 0 aliphatic heterocycles. The fourth-order valence-electron chi connectivity index (χ4n) is 2.82. The maximum Gasteiger partial charge on any atom is 0.241 e. The number of sulfonamides is 1.